The van der Waals surface area contributed by atoms with Gasteiger partial charge in [-0.1, -0.05) is 0 Å². The van der Waals surface area contributed by atoms with Crippen molar-refractivity contribution < 1.29 is 48.0 Å². The van der Waals surface area contributed by atoms with Crippen LogP contribution in [0.2, 0.25) is 0 Å². The maximum absolute atomic E-state index is 12.0. The van der Waals surface area contributed by atoms with E-state index >= 15 is 0 Å². The van der Waals surface area contributed by atoms with Gasteiger partial charge in [-0.25, -0.2) is 9.97 Å². The van der Waals surface area contributed by atoms with Crippen molar-refractivity contribution in [2.45, 2.75) is 56.7 Å². The fraction of sp³-hybridized carbons (Fsp3) is 0.316. The molecule has 264 valence electrons. The Morgan fingerprint density at radius 2 is 1.25 bits per heavy atom. The zero-order valence-corrected chi connectivity index (χ0v) is 27.8. The van der Waals surface area contributed by atoms with Gasteiger partial charge in [0.1, 0.15) is 70.2 Å². The molecule has 3 N–H and O–H groups in total. The highest BCUT2D eigenvalue weighted by Crippen LogP contribution is 2.60. The summed E-state index contributed by atoms with van der Waals surface area (Å²) in [6.45, 7) is 2.17. The Hall–Kier alpha value is -6.18. The highest BCUT2D eigenvalue weighted by atomic mass is 16.5. The minimum atomic E-state index is -0.828. The number of carbonyl (C=O) groups is 4. The van der Waals surface area contributed by atoms with Gasteiger partial charge in [0, 0.05) is 59.3 Å². The standard InChI is InChI=1S/C20H18N2O5.C18H14N2O5/c1-2-25-20(24)17-16-12-9-10(3-5-13(12)27-18(16)17)26-14-7-8-21-19-11(14)4-6-15(23)22-19;21-13-4-2-9-12(5-6-19-17(9)20-13)24-8-1-3-11-10(7-8)14-15(18(22)23)16(14)25-11/h3,5,7-9,16-18H,2,4,6H2,1H3,(H,21,22,23);1,3,5-7,14-16H,2,4H2,(H,22,23)(H,19,20,21)/t16-,17-,18-;14-,15-,16-/m00/s1. The molecule has 2 amide bonds. The van der Waals surface area contributed by atoms with Crippen LogP contribution in [0.25, 0.3) is 0 Å². The predicted octanol–water partition coefficient (Wildman–Crippen LogP) is 5.11. The fourth-order valence-corrected chi connectivity index (χ4v) is 7.58. The van der Waals surface area contributed by atoms with E-state index in [0.717, 1.165) is 33.8 Å². The van der Waals surface area contributed by atoms with Gasteiger partial charge in [-0.05, 0) is 68.3 Å². The third kappa shape index (κ3) is 5.50. The third-order valence-corrected chi connectivity index (χ3v) is 10.2. The summed E-state index contributed by atoms with van der Waals surface area (Å²) < 4.78 is 28.7. The summed E-state index contributed by atoms with van der Waals surface area (Å²) in [4.78, 5) is 54.7. The molecule has 0 radical (unpaired) electrons. The quantitative estimate of drug-likeness (QED) is 0.216. The van der Waals surface area contributed by atoms with Crippen molar-refractivity contribution in [2.24, 2.45) is 11.8 Å². The first-order valence-corrected chi connectivity index (χ1v) is 17.2. The minimum Gasteiger partial charge on any atom is -0.489 e. The first kappa shape index (κ1) is 31.8. The van der Waals surface area contributed by atoms with Gasteiger partial charge in [0.25, 0.3) is 0 Å². The summed E-state index contributed by atoms with van der Waals surface area (Å²) in [6, 6.07) is 14.6. The lowest BCUT2D eigenvalue weighted by atomic mass is 10.1. The van der Waals surface area contributed by atoms with E-state index in [1.807, 2.05) is 30.3 Å². The Balaban J connectivity index is 0.000000139. The number of fused-ring (bicyclic) bond motifs is 8. The number of esters is 1. The number of pyridine rings is 2. The van der Waals surface area contributed by atoms with E-state index in [4.69, 9.17) is 23.7 Å². The van der Waals surface area contributed by atoms with Crippen LogP contribution < -0.4 is 29.6 Å². The molecule has 2 aromatic heterocycles. The smallest absolute Gasteiger partial charge is 0.313 e. The van der Waals surface area contributed by atoms with Crippen molar-refractivity contribution in [3.63, 3.8) is 0 Å². The van der Waals surface area contributed by atoms with Crippen LogP contribution >= 0.6 is 0 Å². The van der Waals surface area contributed by atoms with Crippen molar-refractivity contribution in [1.82, 2.24) is 9.97 Å². The van der Waals surface area contributed by atoms with Crippen LogP contribution in [0.1, 0.15) is 53.9 Å². The number of hydrogen-bond acceptors (Lipinski definition) is 11. The van der Waals surface area contributed by atoms with E-state index in [2.05, 4.69) is 20.6 Å². The van der Waals surface area contributed by atoms with E-state index in [0.29, 0.717) is 66.9 Å². The molecule has 52 heavy (non-hydrogen) atoms. The molecule has 14 heteroatoms. The van der Waals surface area contributed by atoms with Crippen molar-refractivity contribution >= 4 is 35.4 Å². The molecule has 2 saturated carbocycles. The molecule has 14 nitrogen and oxygen atoms in total. The number of nitrogens with zero attached hydrogens (tertiary/aromatic N) is 2. The molecule has 0 bridgehead atoms. The predicted molar refractivity (Wildman–Crippen MR) is 181 cm³/mol. The van der Waals surface area contributed by atoms with Crippen molar-refractivity contribution in [1.29, 1.82) is 0 Å². The van der Waals surface area contributed by atoms with Gasteiger partial charge < -0.3 is 39.4 Å². The van der Waals surface area contributed by atoms with E-state index in [-0.39, 0.29) is 47.7 Å². The molecule has 2 fully saturated rings. The lowest BCUT2D eigenvalue weighted by Gasteiger charge is -2.19. The Morgan fingerprint density at radius 3 is 1.75 bits per heavy atom. The molecule has 6 aliphatic rings. The number of amides is 2. The van der Waals surface area contributed by atoms with Gasteiger partial charge in [-0.2, -0.15) is 0 Å². The van der Waals surface area contributed by atoms with Crippen LogP contribution in [0.4, 0.5) is 11.6 Å². The fourth-order valence-electron chi connectivity index (χ4n) is 7.58. The van der Waals surface area contributed by atoms with Gasteiger partial charge >= 0.3 is 11.9 Å². The second-order valence-corrected chi connectivity index (χ2v) is 13.3. The second kappa shape index (κ2) is 12.2. The number of carboxylic acid groups (broad SMARTS) is 1. The van der Waals surface area contributed by atoms with Crippen LogP contribution in [0, 0.1) is 11.8 Å². The van der Waals surface area contributed by atoms with Crippen LogP contribution in [-0.2, 0) is 36.8 Å². The summed E-state index contributed by atoms with van der Waals surface area (Å²) in [5.74, 6) is 3.34. The van der Waals surface area contributed by atoms with Crippen LogP contribution in [0.15, 0.2) is 60.9 Å². The highest BCUT2D eigenvalue weighted by molar-refractivity contribution is 5.94. The van der Waals surface area contributed by atoms with Gasteiger partial charge in [-0.3, -0.25) is 19.2 Å². The molecule has 6 heterocycles. The molecule has 10 rings (SSSR count). The first-order valence-electron chi connectivity index (χ1n) is 17.2. The topological polar surface area (TPSA) is 184 Å². The van der Waals surface area contributed by atoms with Gasteiger partial charge in [0.05, 0.1) is 6.61 Å². The molecule has 4 aromatic rings. The number of carboxylic acids is 1. The zero-order chi connectivity index (χ0) is 35.7. The largest absolute Gasteiger partial charge is 0.489 e. The Bertz CT molecular complexity index is 2190. The van der Waals surface area contributed by atoms with Gasteiger partial charge in [0.15, 0.2) is 0 Å². The number of aliphatic carboxylic acids is 1. The van der Waals surface area contributed by atoms with Crippen LogP contribution in [-0.4, -0.2) is 57.6 Å². The number of aromatic nitrogens is 2. The van der Waals surface area contributed by atoms with Gasteiger partial charge in [-0.15, -0.1) is 0 Å². The monoisotopic (exact) mass is 704 g/mol. The van der Waals surface area contributed by atoms with E-state index in [1.54, 1.807) is 37.5 Å². The maximum atomic E-state index is 12.0. The summed E-state index contributed by atoms with van der Waals surface area (Å²) in [5.41, 5.74) is 3.62. The van der Waals surface area contributed by atoms with E-state index in [9.17, 15) is 24.3 Å². The number of rotatable bonds is 7. The number of nitrogens with one attached hydrogen (secondary N) is 2. The molecule has 2 aliphatic carbocycles. The normalized spacial score (nSPS) is 24.6. The van der Waals surface area contributed by atoms with Crippen LogP contribution in [0.5, 0.6) is 34.5 Å². The molecule has 2 aromatic carbocycles. The summed E-state index contributed by atoms with van der Waals surface area (Å²) >= 11 is 0. The minimum absolute atomic E-state index is 0.0354. The SMILES string of the molecule is CCOC(=O)[C@@H]1[C@H]2Oc3ccc(Oc4ccnc5c4CCC(=O)N5)cc3[C@H]21.O=C1CCc2c(Oc3ccc4c(c3)[C@@H]3[C@H](O4)[C@H]3C(=O)O)ccnc2N1. The number of carbonyl (C=O) groups excluding carboxylic acids is 3. The van der Waals surface area contributed by atoms with Crippen molar-refractivity contribution in [3.05, 3.63) is 83.2 Å². The zero-order valence-electron chi connectivity index (χ0n) is 27.8. The molecule has 0 spiro atoms. The lowest BCUT2D eigenvalue weighted by molar-refractivity contribution is -0.145. The van der Waals surface area contributed by atoms with E-state index < -0.39 is 11.9 Å². The molecule has 0 saturated heterocycles. The summed E-state index contributed by atoms with van der Waals surface area (Å²) in [5, 5.41) is 14.7. The molecular weight excluding hydrogens is 672 g/mol. The lowest BCUT2D eigenvalue weighted by Crippen LogP contribution is -2.20. The average molecular weight is 705 g/mol. The van der Waals surface area contributed by atoms with Crippen molar-refractivity contribution in [2.75, 3.05) is 17.2 Å². The molecule has 0 unspecified atom stereocenters. The number of hydrogen-bond donors (Lipinski definition) is 3. The average Bonchev–Trinajstić information content (AvgIpc) is 3.95. The summed E-state index contributed by atoms with van der Waals surface area (Å²) in [7, 11) is 0. The van der Waals surface area contributed by atoms with Crippen molar-refractivity contribution in [3.8, 4) is 34.5 Å². The Morgan fingerprint density at radius 1 is 0.750 bits per heavy atom. The van der Waals surface area contributed by atoms with E-state index in [1.165, 1.54) is 0 Å². The van der Waals surface area contributed by atoms with Gasteiger partial charge in [0.2, 0.25) is 11.8 Å². The second-order valence-electron chi connectivity index (χ2n) is 13.3. The number of anilines is 2. The maximum Gasteiger partial charge on any atom is 0.313 e. The number of ether oxygens (including phenoxy) is 5. The highest BCUT2D eigenvalue weighted by Gasteiger charge is 2.64. The Labute approximate surface area is 296 Å². The first-order chi connectivity index (χ1) is 25.3. The summed E-state index contributed by atoms with van der Waals surface area (Å²) in [6.07, 6.45) is 4.80. The molecular formula is C38H32N4O10. The third-order valence-electron chi connectivity index (χ3n) is 10.2. The van der Waals surface area contributed by atoms with Crippen LogP contribution in [0.3, 0.4) is 0 Å². The Kier molecular flexibility index (Phi) is 7.49. The molecule has 4 aliphatic heterocycles. The number of benzene rings is 2. The molecule has 6 atom stereocenters.